The van der Waals surface area contributed by atoms with Crippen molar-refractivity contribution in [2.24, 2.45) is 0 Å². The summed E-state index contributed by atoms with van der Waals surface area (Å²) in [5, 5.41) is 37.2. The number of para-hydroxylation sites is 1. The lowest BCUT2D eigenvalue weighted by Crippen LogP contribution is -2.19. The summed E-state index contributed by atoms with van der Waals surface area (Å²) in [5.41, 5.74) is 0.0538. The average molecular weight is 219 g/mol. The van der Waals surface area contributed by atoms with Crippen molar-refractivity contribution in [3.05, 3.63) is 23.8 Å². The molecule has 0 bridgehead atoms. The van der Waals surface area contributed by atoms with Gasteiger partial charge >= 0.3 is 0 Å². The molecule has 0 saturated heterocycles. The monoisotopic (exact) mass is 218 g/mol. The van der Waals surface area contributed by atoms with E-state index in [4.69, 9.17) is 16.7 Å². The van der Waals surface area contributed by atoms with Crippen molar-refractivity contribution in [1.82, 2.24) is 0 Å². The number of halogens is 1. The lowest BCUT2D eigenvalue weighted by Gasteiger charge is -2.16. The fraction of sp³-hybridized carbons (Fsp3) is 0.333. The van der Waals surface area contributed by atoms with Crippen molar-refractivity contribution >= 4 is 11.6 Å². The van der Waals surface area contributed by atoms with Crippen LogP contribution in [0.3, 0.4) is 0 Å². The summed E-state index contributed by atoms with van der Waals surface area (Å²) < 4.78 is 0. The van der Waals surface area contributed by atoms with Gasteiger partial charge in [0.15, 0.2) is 11.5 Å². The van der Waals surface area contributed by atoms with Gasteiger partial charge in [-0.2, -0.15) is 0 Å². The molecular weight excluding hydrogens is 208 g/mol. The van der Waals surface area contributed by atoms with E-state index in [1.165, 1.54) is 18.2 Å². The van der Waals surface area contributed by atoms with Crippen LogP contribution in [0, 0.1) is 0 Å². The number of aromatic hydroxyl groups is 2. The third-order valence-corrected chi connectivity index (χ3v) is 2.20. The molecule has 2 atom stereocenters. The highest BCUT2D eigenvalue weighted by atomic mass is 35.5. The Morgan fingerprint density at radius 2 is 1.86 bits per heavy atom. The second-order valence-corrected chi connectivity index (χ2v) is 3.19. The highest BCUT2D eigenvalue weighted by molar-refractivity contribution is 6.18. The third kappa shape index (κ3) is 2.09. The molecule has 78 valence electrons. The van der Waals surface area contributed by atoms with Gasteiger partial charge in [0.1, 0.15) is 6.10 Å². The van der Waals surface area contributed by atoms with Crippen LogP contribution in [0.15, 0.2) is 18.2 Å². The number of rotatable bonds is 3. The van der Waals surface area contributed by atoms with Gasteiger partial charge in [-0.3, -0.25) is 0 Å². The molecule has 0 radical (unpaired) electrons. The SMILES string of the molecule is Oc1cccc(C(O)C(O)CCl)c1O. The van der Waals surface area contributed by atoms with E-state index in [1.807, 2.05) is 0 Å². The second-order valence-electron chi connectivity index (χ2n) is 2.88. The standard InChI is InChI=1S/C9H11ClO4/c10-4-7(12)9(14)5-2-1-3-6(11)8(5)13/h1-3,7,9,11-14H,4H2. The van der Waals surface area contributed by atoms with E-state index in [1.54, 1.807) is 0 Å². The number of aliphatic hydroxyl groups excluding tert-OH is 2. The van der Waals surface area contributed by atoms with Crippen molar-refractivity contribution in [3.63, 3.8) is 0 Å². The van der Waals surface area contributed by atoms with Gasteiger partial charge in [0.2, 0.25) is 0 Å². The minimum Gasteiger partial charge on any atom is -0.504 e. The molecule has 0 aliphatic heterocycles. The summed E-state index contributed by atoms with van der Waals surface area (Å²) in [6.45, 7) is 0. The number of benzene rings is 1. The van der Waals surface area contributed by atoms with Crippen molar-refractivity contribution < 1.29 is 20.4 Å². The van der Waals surface area contributed by atoms with Crippen LogP contribution < -0.4 is 0 Å². The molecule has 0 fully saturated rings. The quantitative estimate of drug-likeness (QED) is 0.446. The minimum atomic E-state index is -1.31. The van der Waals surface area contributed by atoms with Crippen LogP contribution in [0.4, 0.5) is 0 Å². The van der Waals surface area contributed by atoms with Crippen LogP contribution in [0.5, 0.6) is 11.5 Å². The maximum Gasteiger partial charge on any atom is 0.163 e. The smallest absolute Gasteiger partial charge is 0.163 e. The van der Waals surface area contributed by atoms with Crippen molar-refractivity contribution in [1.29, 1.82) is 0 Å². The van der Waals surface area contributed by atoms with E-state index in [0.29, 0.717) is 0 Å². The summed E-state index contributed by atoms with van der Waals surface area (Å²) in [7, 11) is 0. The molecule has 0 saturated carbocycles. The summed E-state index contributed by atoms with van der Waals surface area (Å²) in [6, 6.07) is 4.13. The topological polar surface area (TPSA) is 80.9 Å². The molecule has 0 aliphatic carbocycles. The number of aliphatic hydroxyl groups is 2. The third-order valence-electron chi connectivity index (χ3n) is 1.89. The molecule has 1 rings (SSSR count). The first-order chi connectivity index (χ1) is 6.57. The zero-order valence-corrected chi connectivity index (χ0v) is 8.02. The Kier molecular flexibility index (Phi) is 3.57. The Balaban J connectivity index is 3.01. The summed E-state index contributed by atoms with van der Waals surface area (Å²) in [6.07, 6.45) is -2.48. The number of alkyl halides is 1. The van der Waals surface area contributed by atoms with Gasteiger partial charge in [0.05, 0.1) is 12.0 Å². The molecule has 0 spiro atoms. The fourth-order valence-corrected chi connectivity index (χ4v) is 1.25. The van der Waals surface area contributed by atoms with Crippen LogP contribution in [0.1, 0.15) is 11.7 Å². The maximum atomic E-state index is 9.49. The van der Waals surface area contributed by atoms with E-state index < -0.39 is 18.0 Å². The Morgan fingerprint density at radius 3 is 2.43 bits per heavy atom. The summed E-state index contributed by atoms with van der Waals surface area (Å²) >= 11 is 5.33. The summed E-state index contributed by atoms with van der Waals surface area (Å²) in [5.74, 6) is -0.941. The zero-order chi connectivity index (χ0) is 10.7. The van der Waals surface area contributed by atoms with E-state index in [0.717, 1.165) is 0 Å². The van der Waals surface area contributed by atoms with Crippen molar-refractivity contribution in [2.75, 3.05) is 5.88 Å². The first-order valence-electron chi connectivity index (χ1n) is 4.01. The lowest BCUT2D eigenvalue weighted by molar-refractivity contribution is 0.0310. The predicted molar refractivity (Wildman–Crippen MR) is 51.5 cm³/mol. The van der Waals surface area contributed by atoms with Crippen molar-refractivity contribution in [2.45, 2.75) is 12.2 Å². The van der Waals surface area contributed by atoms with Gasteiger partial charge in [-0.25, -0.2) is 0 Å². The van der Waals surface area contributed by atoms with Crippen LogP contribution in [-0.4, -0.2) is 32.4 Å². The molecule has 14 heavy (non-hydrogen) atoms. The highest BCUT2D eigenvalue weighted by Gasteiger charge is 2.21. The van der Waals surface area contributed by atoms with Gasteiger partial charge in [0.25, 0.3) is 0 Å². The predicted octanol–water partition coefficient (Wildman–Crippen LogP) is 0.731. The molecule has 0 heterocycles. The van der Waals surface area contributed by atoms with Gasteiger partial charge in [-0.1, -0.05) is 12.1 Å². The zero-order valence-electron chi connectivity index (χ0n) is 7.26. The highest BCUT2D eigenvalue weighted by Crippen LogP contribution is 2.33. The number of phenolic OH excluding ortho intramolecular Hbond substituents is 2. The lowest BCUT2D eigenvalue weighted by atomic mass is 10.0. The summed E-state index contributed by atoms with van der Waals surface area (Å²) in [4.78, 5) is 0. The second kappa shape index (κ2) is 4.50. The fourth-order valence-electron chi connectivity index (χ4n) is 1.08. The molecule has 4 N–H and O–H groups in total. The van der Waals surface area contributed by atoms with Crippen LogP contribution in [0.25, 0.3) is 0 Å². The molecule has 1 aromatic carbocycles. The average Bonchev–Trinajstić information content (AvgIpc) is 2.20. The molecule has 0 aromatic heterocycles. The Labute approximate surface area is 86.0 Å². The molecule has 0 amide bonds. The molecule has 1 aromatic rings. The molecule has 4 nitrogen and oxygen atoms in total. The number of phenols is 2. The Hall–Kier alpha value is -0.970. The minimum absolute atomic E-state index is 0.0538. The van der Waals surface area contributed by atoms with E-state index in [-0.39, 0.29) is 17.2 Å². The Bertz CT molecular complexity index is 316. The van der Waals surface area contributed by atoms with E-state index in [2.05, 4.69) is 0 Å². The van der Waals surface area contributed by atoms with Crippen LogP contribution >= 0.6 is 11.6 Å². The van der Waals surface area contributed by atoms with Gasteiger partial charge < -0.3 is 20.4 Å². The number of hydrogen-bond acceptors (Lipinski definition) is 4. The van der Waals surface area contributed by atoms with Gasteiger partial charge in [-0.15, -0.1) is 11.6 Å². The Morgan fingerprint density at radius 1 is 1.21 bits per heavy atom. The normalized spacial score (nSPS) is 15.1. The van der Waals surface area contributed by atoms with Crippen LogP contribution in [-0.2, 0) is 0 Å². The van der Waals surface area contributed by atoms with Crippen LogP contribution in [0.2, 0.25) is 0 Å². The van der Waals surface area contributed by atoms with Gasteiger partial charge in [0, 0.05) is 5.56 Å². The molecule has 0 aliphatic rings. The molecular formula is C9H11ClO4. The first kappa shape index (κ1) is 11.1. The maximum absolute atomic E-state index is 9.49. The van der Waals surface area contributed by atoms with Crippen molar-refractivity contribution in [3.8, 4) is 11.5 Å². The largest absolute Gasteiger partial charge is 0.504 e. The first-order valence-corrected chi connectivity index (χ1v) is 4.54. The number of hydrogen-bond donors (Lipinski definition) is 4. The van der Waals surface area contributed by atoms with Gasteiger partial charge in [-0.05, 0) is 6.07 Å². The van der Waals surface area contributed by atoms with E-state index >= 15 is 0 Å². The van der Waals surface area contributed by atoms with E-state index in [9.17, 15) is 15.3 Å². The molecule has 2 unspecified atom stereocenters. The molecule has 5 heteroatoms.